The van der Waals surface area contributed by atoms with Crippen LogP contribution in [0.4, 0.5) is 13.2 Å². The van der Waals surface area contributed by atoms with Crippen molar-refractivity contribution in [2.75, 3.05) is 5.75 Å². The number of halogens is 3. The van der Waals surface area contributed by atoms with Crippen molar-refractivity contribution in [3.05, 3.63) is 52.3 Å². The van der Waals surface area contributed by atoms with Crippen LogP contribution < -0.4 is 4.72 Å². The molecule has 10 heteroatoms. The molecule has 0 radical (unpaired) electrons. The third-order valence-corrected chi connectivity index (χ3v) is 6.00. The number of rotatable bonds is 6. The standard InChI is InChI=1S/C17H20F3N3O3S/c1-2-27(25,26)22-15-6-12-4-3-11(5-13(12)7-15)8-23-9-14(10-24)16(21-23)17(18,19)20/h3-5,9,15,22,24H,2,6-8,10H2,1H3/t15-/m0/s1. The first-order chi connectivity index (χ1) is 12.6. The number of aromatic nitrogens is 2. The molecule has 1 aliphatic carbocycles. The van der Waals surface area contributed by atoms with Gasteiger partial charge in [0.05, 0.1) is 18.9 Å². The van der Waals surface area contributed by atoms with Crippen molar-refractivity contribution in [2.24, 2.45) is 0 Å². The quantitative estimate of drug-likeness (QED) is 0.771. The topological polar surface area (TPSA) is 84.2 Å². The molecular formula is C17H20F3N3O3S. The van der Waals surface area contributed by atoms with Crippen molar-refractivity contribution < 1.29 is 26.7 Å². The lowest BCUT2D eigenvalue weighted by molar-refractivity contribution is -0.142. The fourth-order valence-electron chi connectivity index (χ4n) is 3.28. The van der Waals surface area contributed by atoms with Gasteiger partial charge in [-0.25, -0.2) is 13.1 Å². The Labute approximate surface area is 155 Å². The molecule has 0 aliphatic heterocycles. The van der Waals surface area contributed by atoms with Gasteiger partial charge in [0.25, 0.3) is 0 Å². The summed E-state index contributed by atoms with van der Waals surface area (Å²) in [6, 6.07) is 5.32. The molecule has 148 valence electrons. The Bertz CT molecular complexity index is 939. The largest absolute Gasteiger partial charge is 0.435 e. The van der Waals surface area contributed by atoms with Crippen LogP contribution in [0.2, 0.25) is 0 Å². The maximum atomic E-state index is 12.9. The first-order valence-corrected chi connectivity index (χ1v) is 10.1. The van der Waals surface area contributed by atoms with Crippen LogP contribution in [-0.4, -0.2) is 35.1 Å². The summed E-state index contributed by atoms with van der Waals surface area (Å²) in [4.78, 5) is 0. The van der Waals surface area contributed by atoms with Crippen molar-refractivity contribution in [3.63, 3.8) is 0 Å². The smallest absolute Gasteiger partial charge is 0.392 e. The number of alkyl halides is 3. The molecule has 6 nitrogen and oxygen atoms in total. The van der Waals surface area contributed by atoms with Gasteiger partial charge in [-0.05, 0) is 36.5 Å². The Balaban J connectivity index is 1.76. The molecule has 1 aromatic heterocycles. The molecule has 0 saturated carbocycles. The fourth-order valence-corrected chi connectivity index (χ4v) is 4.12. The highest BCUT2D eigenvalue weighted by molar-refractivity contribution is 7.89. The minimum Gasteiger partial charge on any atom is -0.392 e. The second-order valence-corrected chi connectivity index (χ2v) is 8.63. The Morgan fingerprint density at radius 2 is 2.00 bits per heavy atom. The van der Waals surface area contributed by atoms with Gasteiger partial charge in [-0.2, -0.15) is 18.3 Å². The maximum absolute atomic E-state index is 12.9. The number of nitrogens with one attached hydrogen (secondary N) is 1. The van der Waals surface area contributed by atoms with Crippen LogP contribution in [0.25, 0.3) is 0 Å². The number of sulfonamides is 1. The lowest BCUT2D eigenvalue weighted by atomic mass is 10.1. The van der Waals surface area contributed by atoms with Crippen LogP contribution in [0.5, 0.6) is 0 Å². The number of fused-ring (bicyclic) bond motifs is 1. The summed E-state index contributed by atoms with van der Waals surface area (Å²) >= 11 is 0. The number of benzene rings is 1. The Hall–Kier alpha value is -1.91. The van der Waals surface area contributed by atoms with Gasteiger partial charge in [-0.3, -0.25) is 4.68 Å². The molecule has 1 aromatic carbocycles. The SMILES string of the molecule is CCS(=O)(=O)N[C@H]1Cc2ccc(Cn3cc(CO)c(C(F)(F)F)n3)cc2C1. The van der Waals surface area contributed by atoms with E-state index in [1.165, 1.54) is 6.20 Å². The van der Waals surface area contributed by atoms with Gasteiger partial charge in [0.15, 0.2) is 5.69 Å². The van der Waals surface area contributed by atoms with Gasteiger partial charge >= 0.3 is 6.18 Å². The van der Waals surface area contributed by atoms with Gasteiger partial charge in [0.2, 0.25) is 10.0 Å². The van der Waals surface area contributed by atoms with Crippen molar-refractivity contribution in [1.82, 2.24) is 14.5 Å². The fraction of sp³-hybridized carbons (Fsp3) is 0.471. The number of nitrogens with zero attached hydrogens (tertiary/aromatic N) is 2. The Morgan fingerprint density at radius 1 is 1.30 bits per heavy atom. The van der Waals surface area contributed by atoms with E-state index in [9.17, 15) is 21.6 Å². The number of aliphatic hydroxyl groups excluding tert-OH is 1. The van der Waals surface area contributed by atoms with Gasteiger partial charge in [-0.1, -0.05) is 18.2 Å². The summed E-state index contributed by atoms with van der Waals surface area (Å²) in [5.74, 6) is 0.0130. The monoisotopic (exact) mass is 403 g/mol. The first kappa shape index (κ1) is 19.8. The molecule has 0 fully saturated rings. The van der Waals surface area contributed by atoms with E-state index in [1.54, 1.807) is 13.0 Å². The molecule has 0 bridgehead atoms. The van der Waals surface area contributed by atoms with E-state index in [1.807, 2.05) is 12.1 Å². The van der Waals surface area contributed by atoms with E-state index >= 15 is 0 Å². The maximum Gasteiger partial charge on any atom is 0.435 e. The molecule has 1 atom stereocenters. The van der Waals surface area contributed by atoms with Gasteiger partial charge in [0, 0.05) is 17.8 Å². The molecule has 0 unspecified atom stereocenters. The molecule has 27 heavy (non-hydrogen) atoms. The minimum absolute atomic E-state index is 0.0130. The second kappa shape index (κ2) is 7.25. The lowest BCUT2D eigenvalue weighted by Crippen LogP contribution is -2.36. The predicted octanol–water partition coefficient (Wildman–Crippen LogP) is 1.85. The van der Waals surface area contributed by atoms with E-state index in [0.29, 0.717) is 12.8 Å². The van der Waals surface area contributed by atoms with Gasteiger partial charge in [-0.15, -0.1) is 0 Å². The Morgan fingerprint density at radius 3 is 2.59 bits per heavy atom. The number of aliphatic hydroxyl groups is 1. The summed E-state index contributed by atoms with van der Waals surface area (Å²) in [5.41, 5.74) is 1.41. The normalized spacial score (nSPS) is 17.3. The van der Waals surface area contributed by atoms with Crippen molar-refractivity contribution >= 4 is 10.0 Å². The van der Waals surface area contributed by atoms with Crippen LogP contribution in [-0.2, 0) is 42.2 Å². The summed E-state index contributed by atoms with van der Waals surface area (Å²) < 4.78 is 66.1. The zero-order chi connectivity index (χ0) is 19.8. The lowest BCUT2D eigenvalue weighted by Gasteiger charge is -2.10. The average molecular weight is 403 g/mol. The molecule has 0 amide bonds. The van der Waals surface area contributed by atoms with E-state index in [0.717, 1.165) is 21.4 Å². The molecule has 0 spiro atoms. The average Bonchev–Trinajstić information content (AvgIpc) is 3.17. The second-order valence-electron chi connectivity index (χ2n) is 6.59. The molecule has 1 aliphatic rings. The number of hydrogen-bond acceptors (Lipinski definition) is 4. The van der Waals surface area contributed by atoms with E-state index in [2.05, 4.69) is 9.82 Å². The van der Waals surface area contributed by atoms with Crippen molar-refractivity contribution in [2.45, 2.75) is 45.1 Å². The van der Waals surface area contributed by atoms with E-state index in [4.69, 9.17) is 5.11 Å². The molecule has 2 N–H and O–H groups in total. The molecule has 3 rings (SSSR count). The van der Waals surface area contributed by atoms with Gasteiger partial charge < -0.3 is 5.11 Å². The molecule has 1 heterocycles. The first-order valence-electron chi connectivity index (χ1n) is 8.46. The Kier molecular flexibility index (Phi) is 5.33. The molecule has 2 aromatic rings. The predicted molar refractivity (Wildman–Crippen MR) is 92.5 cm³/mol. The highest BCUT2D eigenvalue weighted by Crippen LogP contribution is 2.31. The summed E-state index contributed by atoms with van der Waals surface area (Å²) in [7, 11) is -3.29. The van der Waals surface area contributed by atoms with E-state index in [-0.39, 0.29) is 23.9 Å². The zero-order valence-corrected chi connectivity index (χ0v) is 15.4. The van der Waals surface area contributed by atoms with Crippen LogP contribution in [0.3, 0.4) is 0 Å². The van der Waals surface area contributed by atoms with Crippen molar-refractivity contribution in [3.8, 4) is 0 Å². The van der Waals surface area contributed by atoms with Crippen LogP contribution in [0.15, 0.2) is 24.4 Å². The summed E-state index contributed by atoms with van der Waals surface area (Å²) in [6.45, 7) is 0.961. The van der Waals surface area contributed by atoms with Gasteiger partial charge in [0.1, 0.15) is 0 Å². The highest BCUT2D eigenvalue weighted by Gasteiger charge is 2.37. The highest BCUT2D eigenvalue weighted by atomic mass is 32.2. The third kappa shape index (κ3) is 4.50. The number of hydrogen-bond donors (Lipinski definition) is 2. The van der Waals surface area contributed by atoms with Crippen molar-refractivity contribution in [1.29, 1.82) is 0 Å². The van der Waals surface area contributed by atoms with Crippen LogP contribution >= 0.6 is 0 Å². The third-order valence-electron chi connectivity index (χ3n) is 4.55. The molecule has 0 saturated heterocycles. The molecular weight excluding hydrogens is 383 g/mol. The van der Waals surface area contributed by atoms with Crippen LogP contribution in [0.1, 0.15) is 34.9 Å². The zero-order valence-electron chi connectivity index (χ0n) is 14.6. The summed E-state index contributed by atoms with van der Waals surface area (Å²) in [5, 5.41) is 12.7. The summed E-state index contributed by atoms with van der Waals surface area (Å²) in [6.07, 6.45) is -2.31. The minimum atomic E-state index is -4.62. The van der Waals surface area contributed by atoms with Crippen LogP contribution in [0, 0.1) is 0 Å². The van der Waals surface area contributed by atoms with E-state index < -0.39 is 28.5 Å².